The number of ether oxygens (including phenoxy) is 1. The molecule has 1 aliphatic heterocycles. The number of hydrogen-bond donors (Lipinski definition) is 2. The van der Waals surface area contributed by atoms with Crippen LogP contribution in [0.3, 0.4) is 0 Å². The van der Waals surface area contributed by atoms with Gasteiger partial charge in [0, 0.05) is 26.7 Å². The Morgan fingerprint density at radius 2 is 2.38 bits per heavy atom. The Hall–Kier alpha value is -1.89. The lowest BCUT2D eigenvalue weighted by Gasteiger charge is -2.14. The number of nitrogens with one attached hydrogen (secondary N) is 2. The van der Waals surface area contributed by atoms with Crippen molar-refractivity contribution in [3.8, 4) is 0 Å². The van der Waals surface area contributed by atoms with Crippen LogP contribution in [0.25, 0.3) is 0 Å². The van der Waals surface area contributed by atoms with Crippen LogP contribution in [-0.2, 0) is 18.3 Å². The van der Waals surface area contributed by atoms with Crippen LogP contribution < -0.4 is 10.6 Å². The van der Waals surface area contributed by atoms with Gasteiger partial charge in [0.15, 0.2) is 11.8 Å². The Kier molecular flexibility index (Phi) is 5.74. The second-order valence-electron chi connectivity index (χ2n) is 5.07. The van der Waals surface area contributed by atoms with Crippen LogP contribution in [0.2, 0.25) is 0 Å². The fourth-order valence-electron chi connectivity index (χ4n) is 2.10. The van der Waals surface area contributed by atoms with Crippen molar-refractivity contribution in [3.63, 3.8) is 0 Å². The van der Waals surface area contributed by atoms with Crippen LogP contribution in [0, 0.1) is 6.92 Å². The van der Waals surface area contributed by atoms with Gasteiger partial charge in [-0.25, -0.2) is 4.99 Å². The van der Waals surface area contributed by atoms with E-state index in [4.69, 9.17) is 4.74 Å². The van der Waals surface area contributed by atoms with Gasteiger partial charge >= 0.3 is 0 Å². The maximum Gasteiger partial charge on any atom is 0.192 e. The fraction of sp³-hybridized carbons (Fsp3) is 0.643. The van der Waals surface area contributed by atoms with Crippen molar-refractivity contribution in [1.82, 2.24) is 25.4 Å². The molecule has 1 unspecified atom stereocenters. The van der Waals surface area contributed by atoms with Gasteiger partial charge in [-0.15, -0.1) is 16.8 Å². The Labute approximate surface area is 125 Å². The van der Waals surface area contributed by atoms with Crippen molar-refractivity contribution in [1.29, 1.82) is 0 Å². The zero-order valence-corrected chi connectivity index (χ0v) is 12.8. The molecule has 1 saturated heterocycles. The van der Waals surface area contributed by atoms with Gasteiger partial charge in [-0.05, 0) is 19.8 Å². The summed E-state index contributed by atoms with van der Waals surface area (Å²) in [5, 5.41) is 14.6. The number of guanidine groups is 1. The van der Waals surface area contributed by atoms with Crippen molar-refractivity contribution in [2.24, 2.45) is 12.0 Å². The monoisotopic (exact) mass is 292 g/mol. The highest BCUT2D eigenvalue weighted by Gasteiger charge is 2.15. The maximum absolute atomic E-state index is 5.60. The molecule has 116 valence electrons. The van der Waals surface area contributed by atoms with Crippen molar-refractivity contribution in [2.45, 2.75) is 32.4 Å². The average molecular weight is 292 g/mol. The molecular weight excluding hydrogens is 268 g/mol. The molecular formula is C14H24N6O. The first kappa shape index (κ1) is 15.5. The summed E-state index contributed by atoms with van der Waals surface area (Å²) in [7, 11) is 1.94. The Morgan fingerprint density at radius 3 is 3.00 bits per heavy atom. The summed E-state index contributed by atoms with van der Waals surface area (Å²) in [6.45, 7) is 8.40. The summed E-state index contributed by atoms with van der Waals surface area (Å²) in [5.41, 5.74) is 0. The van der Waals surface area contributed by atoms with E-state index in [1.807, 2.05) is 18.5 Å². The van der Waals surface area contributed by atoms with Crippen LogP contribution in [0.1, 0.15) is 24.5 Å². The third-order valence-corrected chi connectivity index (χ3v) is 3.50. The van der Waals surface area contributed by atoms with Crippen molar-refractivity contribution >= 4 is 5.96 Å². The molecule has 2 N–H and O–H groups in total. The van der Waals surface area contributed by atoms with E-state index in [9.17, 15) is 0 Å². The molecule has 1 aliphatic rings. The highest BCUT2D eigenvalue weighted by molar-refractivity contribution is 5.79. The lowest BCUT2D eigenvalue weighted by atomic mass is 10.2. The SMILES string of the molecule is C=CCNC(=NCc1nnc(C)n1C)NCC1CCCO1. The molecule has 2 rings (SSSR count). The van der Waals surface area contributed by atoms with Crippen LogP contribution in [0.4, 0.5) is 0 Å². The van der Waals surface area contributed by atoms with E-state index in [1.54, 1.807) is 6.08 Å². The zero-order chi connectivity index (χ0) is 15.1. The molecule has 0 aromatic carbocycles. The van der Waals surface area contributed by atoms with Crippen LogP contribution in [-0.4, -0.2) is 46.5 Å². The highest BCUT2D eigenvalue weighted by atomic mass is 16.5. The van der Waals surface area contributed by atoms with Gasteiger partial charge in [0.1, 0.15) is 12.4 Å². The molecule has 0 spiro atoms. The molecule has 7 nitrogen and oxygen atoms in total. The molecule has 0 radical (unpaired) electrons. The van der Waals surface area contributed by atoms with Gasteiger partial charge in [0.2, 0.25) is 0 Å². The molecule has 1 fully saturated rings. The van der Waals surface area contributed by atoms with E-state index in [2.05, 4.69) is 32.4 Å². The van der Waals surface area contributed by atoms with Gasteiger partial charge < -0.3 is 19.9 Å². The van der Waals surface area contributed by atoms with Gasteiger partial charge in [0.25, 0.3) is 0 Å². The molecule has 1 aromatic heterocycles. The minimum absolute atomic E-state index is 0.276. The first-order valence-corrected chi connectivity index (χ1v) is 7.30. The van der Waals surface area contributed by atoms with E-state index in [0.717, 1.165) is 43.6 Å². The van der Waals surface area contributed by atoms with Crippen molar-refractivity contribution in [2.75, 3.05) is 19.7 Å². The number of rotatable bonds is 6. The molecule has 7 heteroatoms. The van der Waals surface area contributed by atoms with E-state index in [1.165, 1.54) is 0 Å². The fourth-order valence-corrected chi connectivity index (χ4v) is 2.10. The van der Waals surface area contributed by atoms with Crippen LogP contribution in [0.15, 0.2) is 17.6 Å². The van der Waals surface area contributed by atoms with E-state index < -0.39 is 0 Å². The van der Waals surface area contributed by atoms with Crippen molar-refractivity contribution < 1.29 is 4.74 Å². The van der Waals surface area contributed by atoms with Crippen LogP contribution >= 0.6 is 0 Å². The number of hydrogen-bond acceptors (Lipinski definition) is 4. The second-order valence-corrected chi connectivity index (χ2v) is 5.07. The molecule has 1 atom stereocenters. The smallest absolute Gasteiger partial charge is 0.192 e. The number of aryl methyl sites for hydroxylation is 1. The molecule has 2 heterocycles. The quantitative estimate of drug-likeness (QED) is 0.454. The lowest BCUT2D eigenvalue weighted by molar-refractivity contribution is 0.114. The average Bonchev–Trinajstić information content (AvgIpc) is 3.11. The summed E-state index contributed by atoms with van der Waals surface area (Å²) in [5.74, 6) is 2.46. The van der Waals surface area contributed by atoms with Crippen molar-refractivity contribution in [3.05, 3.63) is 24.3 Å². The zero-order valence-electron chi connectivity index (χ0n) is 12.8. The Balaban J connectivity index is 1.91. The molecule has 21 heavy (non-hydrogen) atoms. The first-order chi connectivity index (χ1) is 10.2. The Morgan fingerprint density at radius 1 is 1.52 bits per heavy atom. The normalized spacial score (nSPS) is 18.8. The van der Waals surface area contributed by atoms with Crippen LogP contribution in [0.5, 0.6) is 0 Å². The minimum atomic E-state index is 0.276. The third-order valence-electron chi connectivity index (χ3n) is 3.50. The standard InChI is InChI=1S/C14H24N6O/c1-4-7-15-14(16-9-12-6-5-8-21-12)17-10-13-19-18-11(2)20(13)3/h4,12H,1,5-10H2,2-3H3,(H2,15,16,17). The molecule has 0 amide bonds. The van der Waals surface area contributed by atoms with E-state index >= 15 is 0 Å². The third kappa shape index (κ3) is 4.56. The predicted octanol–water partition coefficient (Wildman–Crippen LogP) is 0.524. The number of nitrogens with zero attached hydrogens (tertiary/aromatic N) is 4. The molecule has 0 saturated carbocycles. The predicted molar refractivity (Wildman–Crippen MR) is 82.1 cm³/mol. The highest BCUT2D eigenvalue weighted by Crippen LogP contribution is 2.10. The molecule has 0 aliphatic carbocycles. The van der Waals surface area contributed by atoms with Gasteiger partial charge in [-0.1, -0.05) is 6.08 Å². The summed E-state index contributed by atoms with van der Waals surface area (Å²) >= 11 is 0. The second kappa shape index (κ2) is 7.78. The lowest BCUT2D eigenvalue weighted by Crippen LogP contribution is -2.41. The molecule has 1 aromatic rings. The maximum atomic E-state index is 5.60. The number of aromatic nitrogens is 3. The summed E-state index contributed by atoms with van der Waals surface area (Å²) < 4.78 is 7.54. The van der Waals surface area contributed by atoms with Gasteiger partial charge in [-0.2, -0.15) is 0 Å². The summed E-state index contributed by atoms with van der Waals surface area (Å²) in [4.78, 5) is 4.53. The van der Waals surface area contributed by atoms with Gasteiger partial charge in [0.05, 0.1) is 6.10 Å². The minimum Gasteiger partial charge on any atom is -0.376 e. The molecule has 0 bridgehead atoms. The summed E-state index contributed by atoms with van der Waals surface area (Å²) in [6.07, 6.45) is 4.31. The Bertz CT molecular complexity index is 490. The van der Waals surface area contributed by atoms with Gasteiger partial charge in [-0.3, -0.25) is 0 Å². The van der Waals surface area contributed by atoms with E-state index in [0.29, 0.717) is 13.1 Å². The summed E-state index contributed by atoms with van der Waals surface area (Å²) in [6, 6.07) is 0. The number of aliphatic imine (C=N–C) groups is 1. The van der Waals surface area contributed by atoms with E-state index in [-0.39, 0.29) is 6.10 Å². The topological polar surface area (TPSA) is 76.4 Å². The first-order valence-electron chi connectivity index (χ1n) is 7.30. The largest absolute Gasteiger partial charge is 0.376 e.